The Kier molecular flexibility index (Phi) is 10.1. The highest BCUT2D eigenvalue weighted by Crippen LogP contribution is 2.25. The molecule has 0 fully saturated rings. The maximum absolute atomic E-state index is 13.6. The van der Waals surface area contributed by atoms with Gasteiger partial charge in [-0.3, -0.25) is 14.4 Å². The lowest BCUT2D eigenvalue weighted by Crippen LogP contribution is -2.54. The van der Waals surface area contributed by atoms with Gasteiger partial charge in [0.1, 0.15) is 30.0 Å². The number of phenolic OH excluding ortho intramolecular Hbond substituents is 1. The predicted octanol–water partition coefficient (Wildman–Crippen LogP) is 1.86. The van der Waals surface area contributed by atoms with Gasteiger partial charge in [0.2, 0.25) is 17.7 Å². The van der Waals surface area contributed by atoms with E-state index in [1.165, 1.54) is 24.3 Å². The molecule has 1 aromatic carbocycles. The lowest BCUT2D eigenvalue weighted by molar-refractivity contribution is -0.142. The van der Waals surface area contributed by atoms with Crippen molar-refractivity contribution >= 4 is 23.8 Å². The number of rotatable bonds is 9. The van der Waals surface area contributed by atoms with Crippen LogP contribution in [0.3, 0.4) is 0 Å². The number of alkyl carbamates (subject to hydrolysis) is 1. The molecule has 0 saturated heterocycles. The third kappa shape index (κ3) is 10.3. The summed E-state index contributed by atoms with van der Waals surface area (Å²) in [7, 11) is 0. The van der Waals surface area contributed by atoms with E-state index in [1.54, 1.807) is 41.5 Å². The molecule has 0 bridgehead atoms. The van der Waals surface area contributed by atoms with Gasteiger partial charge in [0, 0.05) is 12.0 Å². The molecule has 35 heavy (non-hydrogen) atoms. The second-order valence-corrected chi connectivity index (χ2v) is 10.1. The van der Waals surface area contributed by atoms with E-state index in [1.807, 2.05) is 6.07 Å². The molecule has 1 aromatic rings. The number of nitriles is 1. The number of nitrogens with one attached hydrogen (secondary N) is 2. The minimum atomic E-state index is -1.30. The summed E-state index contributed by atoms with van der Waals surface area (Å²) in [5.41, 5.74) is 4.06. The monoisotopic (exact) mass is 489 g/mol. The van der Waals surface area contributed by atoms with Crippen molar-refractivity contribution in [2.75, 3.05) is 6.54 Å². The highest BCUT2D eigenvalue weighted by Gasteiger charge is 2.37. The molecule has 2 atom stereocenters. The predicted molar refractivity (Wildman–Crippen MR) is 128 cm³/mol. The maximum Gasteiger partial charge on any atom is 0.408 e. The number of hydrogen-bond donors (Lipinski definition) is 4. The van der Waals surface area contributed by atoms with E-state index in [2.05, 4.69) is 10.6 Å². The van der Waals surface area contributed by atoms with E-state index >= 15 is 0 Å². The van der Waals surface area contributed by atoms with Gasteiger partial charge in [-0.1, -0.05) is 12.1 Å². The highest BCUT2D eigenvalue weighted by atomic mass is 16.6. The zero-order chi connectivity index (χ0) is 27.0. The van der Waals surface area contributed by atoms with Crippen molar-refractivity contribution in [3.63, 3.8) is 0 Å². The summed E-state index contributed by atoms with van der Waals surface area (Å²) < 4.78 is 5.23. The molecule has 1 rings (SSSR count). The molecule has 11 nitrogen and oxygen atoms in total. The van der Waals surface area contributed by atoms with Crippen LogP contribution in [-0.4, -0.2) is 57.5 Å². The van der Waals surface area contributed by atoms with Crippen LogP contribution in [-0.2, 0) is 19.1 Å². The van der Waals surface area contributed by atoms with E-state index in [-0.39, 0.29) is 18.6 Å². The summed E-state index contributed by atoms with van der Waals surface area (Å²) in [6, 6.07) is 4.94. The summed E-state index contributed by atoms with van der Waals surface area (Å²) in [6.45, 7) is 9.72. The third-order valence-corrected chi connectivity index (χ3v) is 4.46. The summed E-state index contributed by atoms with van der Waals surface area (Å²) in [5.74, 6) is -2.09. The van der Waals surface area contributed by atoms with E-state index in [0.29, 0.717) is 5.56 Å². The molecule has 4 amide bonds. The van der Waals surface area contributed by atoms with Crippen molar-refractivity contribution in [3.8, 4) is 11.8 Å². The topological polar surface area (TPSA) is 175 Å². The fourth-order valence-corrected chi connectivity index (χ4v) is 3.13. The fourth-order valence-electron chi connectivity index (χ4n) is 3.13. The number of nitrogens with two attached hydrogens (primary N) is 1. The summed E-state index contributed by atoms with van der Waals surface area (Å²) in [6.07, 6.45) is -1.30. The molecule has 0 heterocycles. The molecular weight excluding hydrogens is 454 g/mol. The SMILES string of the molecule is CC(C)(C)NC(=O)C(c1ccc(O)cc1)N(CC#N)C(=O)C(CCC(N)=O)NC(=O)OC(C)(C)C. The smallest absolute Gasteiger partial charge is 0.408 e. The largest absolute Gasteiger partial charge is 0.508 e. The van der Waals surface area contributed by atoms with Crippen LogP contribution < -0.4 is 16.4 Å². The van der Waals surface area contributed by atoms with Gasteiger partial charge in [0.25, 0.3) is 0 Å². The Hall–Kier alpha value is -3.81. The lowest BCUT2D eigenvalue weighted by Gasteiger charge is -2.34. The third-order valence-electron chi connectivity index (χ3n) is 4.46. The molecule has 0 aliphatic rings. The van der Waals surface area contributed by atoms with Crippen LogP contribution in [0.25, 0.3) is 0 Å². The molecule has 192 valence electrons. The van der Waals surface area contributed by atoms with Crippen LogP contribution in [0.2, 0.25) is 0 Å². The van der Waals surface area contributed by atoms with Gasteiger partial charge >= 0.3 is 6.09 Å². The molecule has 11 heteroatoms. The van der Waals surface area contributed by atoms with Crippen molar-refractivity contribution in [1.29, 1.82) is 5.26 Å². The minimum absolute atomic E-state index is 0.0483. The van der Waals surface area contributed by atoms with Gasteiger partial charge in [-0.2, -0.15) is 5.26 Å². The molecule has 2 unspecified atom stereocenters. The zero-order valence-corrected chi connectivity index (χ0v) is 21.0. The quantitative estimate of drug-likeness (QED) is 0.383. The van der Waals surface area contributed by atoms with Gasteiger partial charge in [-0.15, -0.1) is 0 Å². The van der Waals surface area contributed by atoms with Crippen molar-refractivity contribution in [2.24, 2.45) is 5.73 Å². The number of carbonyl (C=O) groups is 4. The molecule has 0 aromatic heterocycles. The van der Waals surface area contributed by atoms with E-state index in [9.17, 15) is 29.5 Å². The number of ether oxygens (including phenoxy) is 1. The Morgan fingerprint density at radius 3 is 2.14 bits per heavy atom. The van der Waals surface area contributed by atoms with E-state index in [4.69, 9.17) is 10.5 Å². The summed E-state index contributed by atoms with van der Waals surface area (Å²) >= 11 is 0. The second-order valence-electron chi connectivity index (χ2n) is 10.1. The van der Waals surface area contributed by atoms with Gasteiger partial charge in [0.15, 0.2) is 0 Å². The lowest BCUT2D eigenvalue weighted by atomic mass is 10.00. The molecule has 5 N–H and O–H groups in total. The number of amides is 4. The zero-order valence-electron chi connectivity index (χ0n) is 21.0. The number of nitrogens with zero attached hydrogens (tertiary/aromatic N) is 2. The summed E-state index contributed by atoms with van der Waals surface area (Å²) in [5, 5.41) is 24.4. The van der Waals surface area contributed by atoms with Gasteiger partial charge < -0.3 is 31.1 Å². The average Bonchev–Trinajstić information content (AvgIpc) is 2.68. The van der Waals surface area contributed by atoms with Crippen LogP contribution in [0.15, 0.2) is 24.3 Å². The van der Waals surface area contributed by atoms with Crippen LogP contribution >= 0.6 is 0 Å². The number of benzene rings is 1. The fraction of sp³-hybridized carbons (Fsp3) is 0.542. The highest BCUT2D eigenvalue weighted by molar-refractivity contribution is 5.92. The number of primary amides is 1. The second kappa shape index (κ2) is 12.1. The maximum atomic E-state index is 13.6. The Labute approximate surface area is 205 Å². The molecule has 0 aliphatic carbocycles. The van der Waals surface area contributed by atoms with Crippen molar-refractivity contribution in [3.05, 3.63) is 29.8 Å². The standard InChI is InChI=1S/C24H35N5O6/c1-23(2,3)28-20(32)19(15-7-9-16(30)10-8-15)29(14-13-25)21(33)17(11-12-18(26)31)27-22(34)35-24(4,5)6/h7-10,17,19,30H,11-12,14H2,1-6H3,(H2,26,31)(H,27,34)(H,28,32). The molecule has 0 radical (unpaired) electrons. The van der Waals surface area contributed by atoms with Crippen molar-refractivity contribution in [1.82, 2.24) is 15.5 Å². The van der Waals surface area contributed by atoms with Crippen molar-refractivity contribution < 1.29 is 29.0 Å². The molecule has 0 saturated carbocycles. The Bertz CT molecular complexity index is 957. The normalized spacial score (nSPS) is 13.1. The van der Waals surface area contributed by atoms with Gasteiger partial charge in [-0.05, 0) is 65.7 Å². The van der Waals surface area contributed by atoms with Crippen LogP contribution in [0, 0.1) is 11.3 Å². The van der Waals surface area contributed by atoms with Gasteiger partial charge in [0.05, 0.1) is 6.07 Å². The first-order valence-corrected chi connectivity index (χ1v) is 11.1. The number of aromatic hydroxyl groups is 1. The molecular formula is C24H35N5O6. The number of hydrogen-bond acceptors (Lipinski definition) is 7. The molecule has 0 spiro atoms. The Morgan fingerprint density at radius 1 is 1.11 bits per heavy atom. The van der Waals surface area contributed by atoms with Crippen molar-refractivity contribution in [2.45, 2.75) is 77.6 Å². The first-order valence-electron chi connectivity index (χ1n) is 11.1. The summed E-state index contributed by atoms with van der Waals surface area (Å²) in [4.78, 5) is 51.7. The number of carbonyl (C=O) groups excluding carboxylic acids is 4. The Morgan fingerprint density at radius 2 is 1.69 bits per heavy atom. The average molecular weight is 490 g/mol. The minimum Gasteiger partial charge on any atom is -0.508 e. The van der Waals surface area contributed by atoms with Crippen LogP contribution in [0.5, 0.6) is 5.75 Å². The first-order chi connectivity index (χ1) is 16.0. The number of phenols is 1. The van der Waals surface area contributed by atoms with Gasteiger partial charge in [-0.25, -0.2) is 4.79 Å². The van der Waals surface area contributed by atoms with E-state index < -0.39 is 53.6 Å². The van der Waals surface area contributed by atoms with Crippen LogP contribution in [0.4, 0.5) is 4.79 Å². The first kappa shape index (κ1) is 29.2. The van der Waals surface area contributed by atoms with Crippen LogP contribution in [0.1, 0.15) is 66.0 Å². The van der Waals surface area contributed by atoms with E-state index in [0.717, 1.165) is 4.90 Å². The molecule has 0 aliphatic heterocycles. The Balaban J connectivity index is 3.46.